The summed E-state index contributed by atoms with van der Waals surface area (Å²) in [5, 5.41) is 10.0. The molecule has 0 aromatic carbocycles. The van der Waals surface area contributed by atoms with Crippen molar-refractivity contribution in [3.63, 3.8) is 0 Å². The molecule has 2 N–H and O–H groups in total. The molecule has 178 valence electrons. The van der Waals surface area contributed by atoms with Crippen LogP contribution in [0.25, 0.3) is 0 Å². The molecule has 0 radical (unpaired) electrons. The van der Waals surface area contributed by atoms with E-state index in [1.54, 1.807) is 18.2 Å². The van der Waals surface area contributed by atoms with Gasteiger partial charge in [-0.2, -0.15) is 0 Å². The predicted molar refractivity (Wildman–Crippen MR) is 136 cm³/mol. The number of hydrogen-bond acceptors (Lipinski definition) is 6. The van der Waals surface area contributed by atoms with Crippen molar-refractivity contribution in [3.05, 3.63) is 101 Å². The molecular formula is C24H23ClN2O5S2. The lowest BCUT2D eigenvalue weighted by molar-refractivity contribution is -0.132. The van der Waals surface area contributed by atoms with Gasteiger partial charge in [0.1, 0.15) is 5.03 Å². The summed E-state index contributed by atoms with van der Waals surface area (Å²) in [6.07, 6.45) is 19.8. The average Bonchev–Trinajstić information content (AvgIpc) is 3.15. The first kappa shape index (κ1) is 25.8. The second-order valence-electron chi connectivity index (χ2n) is 7.21. The van der Waals surface area contributed by atoms with Gasteiger partial charge in [0.2, 0.25) is 0 Å². The zero-order valence-electron chi connectivity index (χ0n) is 18.1. The van der Waals surface area contributed by atoms with E-state index in [0.29, 0.717) is 11.3 Å². The number of anilines is 1. The summed E-state index contributed by atoms with van der Waals surface area (Å²) in [5.41, 5.74) is 1.14. The Kier molecular flexibility index (Phi) is 9.12. The Morgan fingerprint density at radius 2 is 2.21 bits per heavy atom. The van der Waals surface area contributed by atoms with E-state index in [1.807, 2.05) is 36.5 Å². The van der Waals surface area contributed by atoms with Crippen molar-refractivity contribution < 1.29 is 23.1 Å². The molecular weight excluding hydrogens is 496 g/mol. The molecule has 0 saturated carbocycles. The molecule has 0 amide bonds. The predicted octanol–water partition coefficient (Wildman–Crippen LogP) is 5.25. The second kappa shape index (κ2) is 12.0. The molecule has 34 heavy (non-hydrogen) atoms. The molecule has 7 nitrogen and oxygen atoms in total. The highest BCUT2D eigenvalue weighted by Crippen LogP contribution is 2.37. The van der Waals surface area contributed by atoms with Gasteiger partial charge in [0.25, 0.3) is 10.0 Å². The third kappa shape index (κ3) is 7.59. The van der Waals surface area contributed by atoms with Gasteiger partial charge in [-0.05, 0) is 24.1 Å². The number of aliphatic carboxylic acids is 1. The molecule has 0 spiro atoms. The van der Waals surface area contributed by atoms with Gasteiger partial charge in [-0.25, -0.2) is 18.2 Å². The van der Waals surface area contributed by atoms with Gasteiger partial charge in [-0.1, -0.05) is 84.6 Å². The first-order chi connectivity index (χ1) is 16.3. The fourth-order valence-electron chi connectivity index (χ4n) is 3.03. The minimum Gasteiger partial charge on any atom is -0.478 e. The summed E-state index contributed by atoms with van der Waals surface area (Å²) in [4.78, 5) is 16.3. The van der Waals surface area contributed by atoms with Crippen molar-refractivity contribution in [2.45, 2.75) is 11.4 Å². The van der Waals surface area contributed by atoms with E-state index >= 15 is 0 Å². The molecule has 1 unspecified atom stereocenters. The number of sulfonamides is 1. The molecule has 2 aliphatic rings. The molecule has 2 aliphatic carbocycles. The lowest BCUT2D eigenvalue weighted by atomic mass is 10.1. The fraction of sp³-hybridized carbons (Fsp3) is 0.167. The third-order valence-electron chi connectivity index (χ3n) is 4.57. The van der Waals surface area contributed by atoms with E-state index in [4.69, 9.17) is 16.3 Å². The lowest BCUT2D eigenvalue weighted by Crippen LogP contribution is -2.21. The fourth-order valence-corrected chi connectivity index (χ4v) is 5.10. The number of pyridine rings is 1. The summed E-state index contributed by atoms with van der Waals surface area (Å²) in [5.74, 6) is -1.77. The number of thioether (sulfide) groups is 1. The number of allylic oxidation sites excluding steroid dienone is 9. The molecule has 0 bridgehead atoms. The van der Waals surface area contributed by atoms with Crippen LogP contribution in [0.5, 0.6) is 0 Å². The van der Waals surface area contributed by atoms with Crippen LogP contribution in [0.1, 0.15) is 6.42 Å². The zero-order valence-corrected chi connectivity index (χ0v) is 20.4. The van der Waals surface area contributed by atoms with Crippen LogP contribution in [0.2, 0.25) is 5.02 Å². The van der Waals surface area contributed by atoms with Gasteiger partial charge in [-0.3, -0.25) is 4.72 Å². The minimum absolute atomic E-state index is 0.0885. The van der Waals surface area contributed by atoms with Crippen LogP contribution in [0.3, 0.4) is 0 Å². The molecule has 1 atom stereocenters. The van der Waals surface area contributed by atoms with Gasteiger partial charge in [0.15, 0.2) is 5.94 Å². The number of rotatable bonds is 10. The molecule has 0 fully saturated rings. The number of hydrogen-bond donors (Lipinski definition) is 2. The Labute approximate surface area is 208 Å². The summed E-state index contributed by atoms with van der Waals surface area (Å²) < 4.78 is 33.3. The van der Waals surface area contributed by atoms with Gasteiger partial charge in [0, 0.05) is 17.0 Å². The normalized spacial score (nSPS) is 17.8. The summed E-state index contributed by atoms with van der Waals surface area (Å²) in [7, 11) is -3.91. The maximum atomic E-state index is 12.7. The number of halogens is 1. The first-order valence-electron chi connectivity index (χ1n) is 10.2. The highest BCUT2D eigenvalue weighted by Gasteiger charge is 2.20. The van der Waals surface area contributed by atoms with Crippen LogP contribution < -0.4 is 4.72 Å². The number of carbonyl (C=O) groups is 1. The highest BCUT2D eigenvalue weighted by molar-refractivity contribution is 8.03. The van der Waals surface area contributed by atoms with E-state index < -0.39 is 21.9 Å². The van der Waals surface area contributed by atoms with Crippen LogP contribution in [-0.4, -0.2) is 37.0 Å². The van der Waals surface area contributed by atoms with Gasteiger partial charge < -0.3 is 9.84 Å². The van der Waals surface area contributed by atoms with Crippen molar-refractivity contribution >= 4 is 45.0 Å². The van der Waals surface area contributed by atoms with Crippen molar-refractivity contribution in [3.8, 4) is 0 Å². The summed E-state index contributed by atoms with van der Waals surface area (Å²) in [6, 6.07) is 1.42. The lowest BCUT2D eigenvalue weighted by Gasteiger charge is -2.14. The summed E-state index contributed by atoms with van der Waals surface area (Å²) in [6.45, 7) is 3.91. The van der Waals surface area contributed by atoms with Crippen molar-refractivity contribution in [1.82, 2.24) is 4.98 Å². The van der Waals surface area contributed by atoms with Crippen LogP contribution in [0.15, 0.2) is 101 Å². The molecule has 1 heterocycles. The molecule has 3 rings (SSSR count). The number of aromatic nitrogens is 1. The zero-order chi connectivity index (χ0) is 24.6. The standard InChI is InChI=1S/C24H23ClN2O5S2/c1-2-17-8-6-7-9-18(12-17)15-32-16-34(30,31)27-21-13-19(25)14-26-23(21)33-22-11-5-3-4-10-20(22)24(28)29/h2-4,6-14,18,27H,1,5,15-16H2,(H,28,29). The monoisotopic (exact) mass is 518 g/mol. The van der Waals surface area contributed by atoms with E-state index in [2.05, 4.69) is 16.3 Å². The maximum Gasteiger partial charge on any atom is 0.336 e. The molecule has 0 aliphatic heterocycles. The van der Waals surface area contributed by atoms with Crippen molar-refractivity contribution in [1.29, 1.82) is 0 Å². The van der Waals surface area contributed by atoms with Gasteiger partial charge in [-0.15, -0.1) is 0 Å². The largest absolute Gasteiger partial charge is 0.478 e. The van der Waals surface area contributed by atoms with Crippen LogP contribution in [0, 0.1) is 5.92 Å². The third-order valence-corrected chi connectivity index (χ3v) is 6.91. The Morgan fingerprint density at radius 3 is 2.97 bits per heavy atom. The van der Waals surface area contributed by atoms with E-state index in [9.17, 15) is 18.3 Å². The number of carboxylic acid groups (broad SMARTS) is 1. The van der Waals surface area contributed by atoms with Crippen LogP contribution >= 0.6 is 23.4 Å². The molecule has 1 aromatic rings. The maximum absolute atomic E-state index is 12.7. The number of nitrogens with zero attached hydrogens (tertiary/aromatic N) is 1. The number of ether oxygens (including phenoxy) is 1. The summed E-state index contributed by atoms with van der Waals surface area (Å²) >= 11 is 7.09. The average molecular weight is 519 g/mol. The van der Waals surface area contributed by atoms with Crippen molar-refractivity contribution in [2.24, 2.45) is 5.92 Å². The smallest absolute Gasteiger partial charge is 0.336 e. The highest BCUT2D eigenvalue weighted by atomic mass is 35.5. The van der Waals surface area contributed by atoms with E-state index in [1.165, 1.54) is 18.3 Å². The van der Waals surface area contributed by atoms with E-state index in [0.717, 1.165) is 17.3 Å². The Hall–Kier alpha value is -2.85. The Balaban J connectivity index is 1.71. The number of carboxylic acids is 1. The minimum atomic E-state index is -3.91. The number of nitrogens with one attached hydrogen (secondary N) is 1. The van der Waals surface area contributed by atoms with Crippen molar-refractivity contribution in [2.75, 3.05) is 17.3 Å². The Bertz CT molecular complexity index is 1240. The van der Waals surface area contributed by atoms with Gasteiger partial charge >= 0.3 is 5.97 Å². The quantitative estimate of drug-likeness (QED) is 0.435. The van der Waals surface area contributed by atoms with Crippen LogP contribution in [-0.2, 0) is 19.6 Å². The van der Waals surface area contributed by atoms with Gasteiger partial charge in [0.05, 0.1) is 22.9 Å². The topological polar surface area (TPSA) is 106 Å². The first-order valence-corrected chi connectivity index (χ1v) is 13.0. The van der Waals surface area contributed by atoms with E-state index in [-0.39, 0.29) is 33.8 Å². The molecule has 1 aromatic heterocycles. The SMILES string of the molecule is C=CC1=CC(COCS(=O)(=O)Nc2cc(Cl)cnc2SC2=CCC=CC=C2C(=O)O)C=CC=C1. The Morgan fingerprint density at radius 1 is 1.38 bits per heavy atom. The van der Waals surface area contributed by atoms with Crippen LogP contribution in [0.4, 0.5) is 5.69 Å². The molecule has 10 heteroatoms. The molecule has 0 saturated heterocycles. The second-order valence-corrected chi connectivity index (χ2v) is 10.3.